The molecule has 2 unspecified atom stereocenters. The third kappa shape index (κ3) is 3.61. The second-order valence-electron chi connectivity index (χ2n) is 3.16. The standard InChI is InChI=1S/C9H9Cl2NO4/c10-6-1-4(2-7(11)12-6)9(16)5(13)3-8(14)15/h1-2,5,9,13,16H,3H2,(H,14,15). The lowest BCUT2D eigenvalue weighted by Gasteiger charge is -2.16. The maximum Gasteiger partial charge on any atom is 0.306 e. The third-order valence-electron chi connectivity index (χ3n) is 1.87. The summed E-state index contributed by atoms with van der Waals surface area (Å²) in [5, 5.41) is 27.6. The van der Waals surface area contributed by atoms with Gasteiger partial charge in [-0.1, -0.05) is 23.2 Å². The zero-order chi connectivity index (χ0) is 12.3. The molecule has 5 nitrogen and oxygen atoms in total. The topological polar surface area (TPSA) is 90.7 Å². The van der Waals surface area contributed by atoms with Crippen molar-refractivity contribution in [3.63, 3.8) is 0 Å². The normalized spacial score (nSPS) is 14.5. The number of aliphatic hydroxyl groups is 2. The highest BCUT2D eigenvalue weighted by Gasteiger charge is 2.22. The summed E-state index contributed by atoms with van der Waals surface area (Å²) >= 11 is 11.2. The van der Waals surface area contributed by atoms with Crippen molar-refractivity contribution in [2.24, 2.45) is 0 Å². The van der Waals surface area contributed by atoms with Crippen LogP contribution in [-0.4, -0.2) is 32.4 Å². The number of pyridine rings is 1. The van der Waals surface area contributed by atoms with Crippen LogP contribution in [0.1, 0.15) is 18.1 Å². The monoisotopic (exact) mass is 265 g/mol. The first-order chi connectivity index (χ1) is 7.40. The SMILES string of the molecule is O=C(O)CC(O)C(O)c1cc(Cl)nc(Cl)c1. The molecule has 0 aliphatic heterocycles. The maximum atomic E-state index is 10.3. The van der Waals surface area contributed by atoms with E-state index >= 15 is 0 Å². The first-order valence-corrected chi connectivity index (χ1v) is 5.06. The Morgan fingerprint density at radius 2 is 1.81 bits per heavy atom. The molecule has 2 atom stereocenters. The fraction of sp³-hybridized carbons (Fsp3) is 0.333. The number of halogens is 2. The fourth-order valence-corrected chi connectivity index (χ4v) is 1.64. The van der Waals surface area contributed by atoms with Crippen molar-refractivity contribution in [3.05, 3.63) is 28.0 Å². The quantitative estimate of drug-likeness (QED) is 0.713. The van der Waals surface area contributed by atoms with Crippen LogP contribution in [-0.2, 0) is 4.79 Å². The van der Waals surface area contributed by atoms with Crippen LogP contribution in [0.2, 0.25) is 10.3 Å². The molecule has 7 heteroatoms. The molecule has 0 fully saturated rings. The molecule has 1 aromatic heterocycles. The van der Waals surface area contributed by atoms with Gasteiger partial charge in [-0.05, 0) is 17.7 Å². The molecule has 0 amide bonds. The molecule has 1 rings (SSSR count). The zero-order valence-electron chi connectivity index (χ0n) is 7.97. The van der Waals surface area contributed by atoms with Crippen LogP contribution in [0, 0.1) is 0 Å². The third-order valence-corrected chi connectivity index (χ3v) is 2.26. The number of hydrogen-bond acceptors (Lipinski definition) is 4. The minimum absolute atomic E-state index is 0.0593. The number of rotatable bonds is 4. The smallest absolute Gasteiger partial charge is 0.306 e. The van der Waals surface area contributed by atoms with Crippen molar-refractivity contribution < 1.29 is 20.1 Å². The van der Waals surface area contributed by atoms with E-state index in [2.05, 4.69) is 4.98 Å². The highest BCUT2D eigenvalue weighted by atomic mass is 35.5. The van der Waals surface area contributed by atoms with E-state index in [0.29, 0.717) is 0 Å². The molecule has 0 saturated carbocycles. The fourth-order valence-electron chi connectivity index (χ4n) is 1.17. The summed E-state index contributed by atoms with van der Waals surface area (Å²) in [4.78, 5) is 14.0. The van der Waals surface area contributed by atoms with Gasteiger partial charge >= 0.3 is 5.97 Å². The Hall–Kier alpha value is -0.880. The predicted molar refractivity (Wildman–Crippen MR) is 57.5 cm³/mol. The molecule has 0 aliphatic rings. The van der Waals surface area contributed by atoms with E-state index in [4.69, 9.17) is 28.3 Å². The van der Waals surface area contributed by atoms with E-state index in [-0.39, 0.29) is 15.9 Å². The summed E-state index contributed by atoms with van der Waals surface area (Å²) < 4.78 is 0. The highest BCUT2D eigenvalue weighted by molar-refractivity contribution is 6.32. The number of carbonyl (C=O) groups is 1. The van der Waals surface area contributed by atoms with Crippen LogP contribution in [0.5, 0.6) is 0 Å². The first-order valence-electron chi connectivity index (χ1n) is 4.31. The predicted octanol–water partition coefficient (Wildman–Crippen LogP) is 1.26. The summed E-state index contributed by atoms with van der Waals surface area (Å²) in [5.41, 5.74) is 0.221. The summed E-state index contributed by atoms with van der Waals surface area (Å²) in [6.07, 6.45) is -3.36. The first kappa shape index (κ1) is 13.2. The molecule has 16 heavy (non-hydrogen) atoms. The minimum atomic E-state index is -1.42. The molecule has 1 aromatic rings. The number of hydrogen-bond donors (Lipinski definition) is 3. The molecule has 3 N–H and O–H groups in total. The lowest BCUT2D eigenvalue weighted by molar-refractivity contribution is -0.141. The summed E-state index contributed by atoms with van der Waals surface area (Å²) in [5.74, 6) is -1.21. The number of aliphatic carboxylic acids is 1. The number of carboxylic acids is 1. The molecular formula is C9H9Cl2NO4. The van der Waals surface area contributed by atoms with Gasteiger partial charge in [0, 0.05) is 0 Å². The van der Waals surface area contributed by atoms with Crippen molar-refractivity contribution in [2.75, 3.05) is 0 Å². The van der Waals surface area contributed by atoms with Gasteiger partial charge in [0.15, 0.2) is 0 Å². The zero-order valence-corrected chi connectivity index (χ0v) is 9.48. The lowest BCUT2D eigenvalue weighted by Crippen LogP contribution is -2.21. The Bertz CT molecular complexity index is 379. The van der Waals surface area contributed by atoms with Gasteiger partial charge in [-0.2, -0.15) is 0 Å². The van der Waals surface area contributed by atoms with E-state index < -0.39 is 24.6 Å². The second-order valence-corrected chi connectivity index (χ2v) is 3.93. The average molecular weight is 266 g/mol. The number of carboxylic acid groups (broad SMARTS) is 1. The average Bonchev–Trinajstić information content (AvgIpc) is 2.13. The molecular weight excluding hydrogens is 257 g/mol. The Morgan fingerprint density at radius 1 is 1.31 bits per heavy atom. The molecule has 0 saturated heterocycles. The van der Waals surface area contributed by atoms with Gasteiger partial charge in [0.1, 0.15) is 16.4 Å². The van der Waals surface area contributed by atoms with Crippen molar-refractivity contribution in [1.29, 1.82) is 0 Å². The van der Waals surface area contributed by atoms with Gasteiger partial charge in [-0.15, -0.1) is 0 Å². The molecule has 0 aromatic carbocycles. The van der Waals surface area contributed by atoms with Crippen molar-refractivity contribution in [2.45, 2.75) is 18.6 Å². The van der Waals surface area contributed by atoms with Crippen LogP contribution in [0.3, 0.4) is 0 Å². The van der Waals surface area contributed by atoms with E-state index in [1.54, 1.807) is 0 Å². The van der Waals surface area contributed by atoms with Gasteiger partial charge < -0.3 is 15.3 Å². The van der Waals surface area contributed by atoms with Gasteiger partial charge in [0.2, 0.25) is 0 Å². The van der Waals surface area contributed by atoms with E-state index in [1.807, 2.05) is 0 Å². The van der Waals surface area contributed by atoms with Gasteiger partial charge in [0.05, 0.1) is 12.5 Å². The van der Waals surface area contributed by atoms with Crippen LogP contribution >= 0.6 is 23.2 Å². The second kappa shape index (κ2) is 5.45. The minimum Gasteiger partial charge on any atom is -0.481 e. The molecule has 0 aliphatic carbocycles. The van der Waals surface area contributed by atoms with Gasteiger partial charge in [-0.3, -0.25) is 4.79 Å². The van der Waals surface area contributed by atoms with Crippen LogP contribution < -0.4 is 0 Å². The van der Waals surface area contributed by atoms with Crippen LogP contribution in [0.15, 0.2) is 12.1 Å². The molecule has 0 spiro atoms. The molecule has 88 valence electrons. The Balaban J connectivity index is 2.86. The van der Waals surface area contributed by atoms with Crippen LogP contribution in [0.4, 0.5) is 0 Å². The highest BCUT2D eigenvalue weighted by Crippen LogP contribution is 2.23. The number of aliphatic hydroxyl groups excluding tert-OH is 2. The molecule has 0 radical (unpaired) electrons. The summed E-state index contributed by atoms with van der Waals surface area (Å²) in [7, 11) is 0. The van der Waals surface area contributed by atoms with Gasteiger partial charge in [0.25, 0.3) is 0 Å². The largest absolute Gasteiger partial charge is 0.481 e. The maximum absolute atomic E-state index is 10.3. The summed E-state index contributed by atoms with van der Waals surface area (Å²) in [6.45, 7) is 0. The molecule has 0 bridgehead atoms. The number of nitrogens with zero attached hydrogens (tertiary/aromatic N) is 1. The van der Waals surface area contributed by atoms with Crippen LogP contribution in [0.25, 0.3) is 0 Å². The summed E-state index contributed by atoms with van der Waals surface area (Å²) in [6, 6.07) is 2.62. The Morgan fingerprint density at radius 3 is 2.25 bits per heavy atom. The van der Waals surface area contributed by atoms with Crippen molar-refractivity contribution >= 4 is 29.2 Å². The van der Waals surface area contributed by atoms with Crippen molar-refractivity contribution in [1.82, 2.24) is 4.98 Å². The number of aromatic nitrogens is 1. The van der Waals surface area contributed by atoms with E-state index in [1.165, 1.54) is 12.1 Å². The van der Waals surface area contributed by atoms with E-state index in [9.17, 15) is 15.0 Å². The van der Waals surface area contributed by atoms with Gasteiger partial charge in [-0.25, -0.2) is 4.98 Å². The molecule has 1 heterocycles. The Labute approximate surface area is 101 Å². The lowest BCUT2D eigenvalue weighted by atomic mass is 10.0. The van der Waals surface area contributed by atoms with Crippen molar-refractivity contribution in [3.8, 4) is 0 Å². The van der Waals surface area contributed by atoms with E-state index in [0.717, 1.165) is 0 Å². The Kier molecular flexibility index (Phi) is 4.49.